The third kappa shape index (κ3) is 3.38. The third-order valence-corrected chi connectivity index (χ3v) is 5.03. The first kappa shape index (κ1) is 14.4. The van der Waals surface area contributed by atoms with E-state index in [0.29, 0.717) is 12.5 Å². The standard InChI is InChI=1S/C17H23NO3/c19-15-8-11-17(9-6-14(15)7-10-17)18-16(20)21-12-13-4-2-1-3-5-13/h1-5,14-15,19H,6-12H2,(H,18,20). The van der Waals surface area contributed by atoms with Crippen molar-refractivity contribution in [1.29, 1.82) is 0 Å². The molecule has 0 saturated heterocycles. The summed E-state index contributed by atoms with van der Waals surface area (Å²) >= 11 is 0. The summed E-state index contributed by atoms with van der Waals surface area (Å²) in [5.41, 5.74) is 0.826. The zero-order valence-electron chi connectivity index (χ0n) is 12.3. The van der Waals surface area contributed by atoms with Crippen LogP contribution in [0.4, 0.5) is 4.79 Å². The molecule has 1 aromatic rings. The molecule has 1 amide bonds. The molecule has 2 N–H and O–H groups in total. The third-order valence-electron chi connectivity index (χ3n) is 5.03. The Morgan fingerprint density at radius 2 is 1.86 bits per heavy atom. The molecule has 3 saturated carbocycles. The summed E-state index contributed by atoms with van der Waals surface area (Å²) < 4.78 is 5.33. The van der Waals surface area contributed by atoms with Crippen molar-refractivity contribution in [3.05, 3.63) is 35.9 Å². The Morgan fingerprint density at radius 3 is 2.57 bits per heavy atom. The molecule has 4 rings (SSSR count). The maximum Gasteiger partial charge on any atom is 0.407 e. The maximum atomic E-state index is 12.1. The van der Waals surface area contributed by atoms with E-state index in [4.69, 9.17) is 4.74 Å². The Labute approximate surface area is 125 Å². The second-order valence-electron chi connectivity index (χ2n) is 6.41. The van der Waals surface area contributed by atoms with Crippen molar-refractivity contribution in [2.75, 3.05) is 0 Å². The van der Waals surface area contributed by atoms with Gasteiger partial charge in [0.1, 0.15) is 6.61 Å². The molecule has 1 unspecified atom stereocenters. The number of carbonyl (C=O) groups is 1. The Bertz CT molecular complexity index is 480. The van der Waals surface area contributed by atoms with Gasteiger partial charge in [-0.1, -0.05) is 30.3 Å². The summed E-state index contributed by atoms with van der Waals surface area (Å²) in [6.45, 7) is 0.300. The van der Waals surface area contributed by atoms with Crippen LogP contribution in [0.25, 0.3) is 0 Å². The van der Waals surface area contributed by atoms with E-state index in [1.807, 2.05) is 30.3 Å². The van der Waals surface area contributed by atoms with E-state index in [1.54, 1.807) is 0 Å². The van der Waals surface area contributed by atoms with Crippen LogP contribution in [0, 0.1) is 5.92 Å². The number of aliphatic hydroxyl groups is 1. The highest BCUT2D eigenvalue weighted by Crippen LogP contribution is 2.42. The van der Waals surface area contributed by atoms with Gasteiger partial charge >= 0.3 is 6.09 Å². The van der Waals surface area contributed by atoms with Crippen molar-refractivity contribution in [3.8, 4) is 0 Å². The number of amides is 1. The minimum Gasteiger partial charge on any atom is -0.445 e. The molecule has 0 aliphatic heterocycles. The average Bonchev–Trinajstić information content (AvgIpc) is 2.76. The van der Waals surface area contributed by atoms with Gasteiger partial charge in [-0.2, -0.15) is 0 Å². The largest absolute Gasteiger partial charge is 0.445 e. The number of alkyl carbamates (subject to hydrolysis) is 1. The molecule has 2 bridgehead atoms. The molecule has 0 heterocycles. The summed E-state index contributed by atoms with van der Waals surface area (Å²) in [5.74, 6) is 0.419. The number of fused-ring (bicyclic) bond motifs is 4. The normalized spacial score (nSPS) is 31.5. The first-order valence-corrected chi connectivity index (χ1v) is 7.84. The van der Waals surface area contributed by atoms with Gasteiger partial charge in [0.15, 0.2) is 0 Å². The minimum atomic E-state index is -0.339. The van der Waals surface area contributed by atoms with Gasteiger partial charge in [-0.25, -0.2) is 4.79 Å². The van der Waals surface area contributed by atoms with E-state index in [1.165, 1.54) is 0 Å². The highest BCUT2D eigenvalue weighted by molar-refractivity contribution is 5.68. The summed E-state index contributed by atoms with van der Waals surface area (Å²) in [4.78, 5) is 12.1. The smallest absolute Gasteiger partial charge is 0.407 e. The van der Waals surface area contributed by atoms with Gasteiger partial charge in [0.25, 0.3) is 0 Å². The van der Waals surface area contributed by atoms with Crippen LogP contribution in [-0.2, 0) is 11.3 Å². The predicted octanol–water partition coefficient (Wildman–Crippen LogP) is 3.00. The Balaban J connectivity index is 1.54. The lowest BCUT2D eigenvalue weighted by molar-refractivity contribution is 0.0897. The fraction of sp³-hybridized carbons (Fsp3) is 0.588. The lowest BCUT2D eigenvalue weighted by Crippen LogP contribution is -2.49. The number of hydrogen-bond donors (Lipinski definition) is 2. The van der Waals surface area contributed by atoms with E-state index in [0.717, 1.165) is 44.1 Å². The number of ether oxygens (including phenoxy) is 1. The Kier molecular flexibility index (Phi) is 4.15. The maximum absolute atomic E-state index is 12.1. The summed E-state index contributed by atoms with van der Waals surface area (Å²) in [5, 5.41) is 13.1. The predicted molar refractivity (Wildman–Crippen MR) is 79.7 cm³/mol. The quantitative estimate of drug-likeness (QED) is 0.899. The molecule has 0 spiro atoms. The van der Waals surface area contributed by atoms with Crippen molar-refractivity contribution in [2.45, 2.75) is 56.8 Å². The lowest BCUT2D eigenvalue weighted by atomic mass is 9.78. The van der Waals surface area contributed by atoms with Crippen LogP contribution in [0.2, 0.25) is 0 Å². The summed E-state index contributed by atoms with van der Waals surface area (Å²) in [6.07, 6.45) is 5.00. The van der Waals surface area contributed by atoms with Crippen LogP contribution >= 0.6 is 0 Å². The molecule has 3 aliphatic carbocycles. The molecule has 21 heavy (non-hydrogen) atoms. The van der Waals surface area contributed by atoms with E-state index >= 15 is 0 Å². The molecule has 0 aromatic heterocycles. The van der Waals surface area contributed by atoms with Gasteiger partial charge in [-0.05, 0) is 50.0 Å². The number of aliphatic hydroxyl groups excluding tert-OH is 1. The van der Waals surface area contributed by atoms with Crippen LogP contribution < -0.4 is 5.32 Å². The number of carbonyl (C=O) groups excluding carboxylic acids is 1. The van der Waals surface area contributed by atoms with Crippen LogP contribution in [0.3, 0.4) is 0 Å². The van der Waals surface area contributed by atoms with Gasteiger partial charge < -0.3 is 15.2 Å². The molecule has 4 nitrogen and oxygen atoms in total. The number of nitrogens with one attached hydrogen (secondary N) is 1. The zero-order chi connectivity index (χ0) is 14.7. The molecular weight excluding hydrogens is 266 g/mol. The highest BCUT2D eigenvalue weighted by Gasteiger charge is 2.42. The van der Waals surface area contributed by atoms with Crippen LogP contribution in [0.5, 0.6) is 0 Å². The number of hydrogen-bond acceptors (Lipinski definition) is 3. The second-order valence-corrected chi connectivity index (χ2v) is 6.41. The van der Waals surface area contributed by atoms with Gasteiger partial charge in [0.05, 0.1) is 6.10 Å². The molecule has 3 aliphatic rings. The van der Waals surface area contributed by atoms with Crippen LogP contribution in [-0.4, -0.2) is 22.8 Å². The number of benzene rings is 1. The van der Waals surface area contributed by atoms with E-state index in [-0.39, 0.29) is 17.7 Å². The first-order valence-electron chi connectivity index (χ1n) is 7.84. The van der Waals surface area contributed by atoms with Crippen molar-refractivity contribution in [1.82, 2.24) is 5.32 Å². The summed E-state index contributed by atoms with van der Waals surface area (Å²) in [6, 6.07) is 9.70. The van der Waals surface area contributed by atoms with Crippen LogP contribution in [0.15, 0.2) is 30.3 Å². The monoisotopic (exact) mass is 289 g/mol. The topological polar surface area (TPSA) is 58.6 Å². The Morgan fingerprint density at radius 1 is 1.19 bits per heavy atom. The van der Waals surface area contributed by atoms with Gasteiger partial charge in [-0.3, -0.25) is 0 Å². The summed E-state index contributed by atoms with van der Waals surface area (Å²) in [7, 11) is 0. The van der Waals surface area contributed by atoms with Crippen molar-refractivity contribution < 1.29 is 14.6 Å². The van der Waals surface area contributed by atoms with Crippen molar-refractivity contribution >= 4 is 6.09 Å². The molecule has 0 radical (unpaired) electrons. The molecule has 1 aromatic carbocycles. The average molecular weight is 289 g/mol. The Hall–Kier alpha value is -1.55. The van der Waals surface area contributed by atoms with Gasteiger partial charge in [0.2, 0.25) is 0 Å². The minimum absolute atomic E-state index is 0.165. The molecule has 4 heteroatoms. The van der Waals surface area contributed by atoms with Crippen molar-refractivity contribution in [3.63, 3.8) is 0 Å². The number of rotatable bonds is 3. The second kappa shape index (κ2) is 6.06. The molecule has 1 atom stereocenters. The van der Waals surface area contributed by atoms with Gasteiger partial charge in [0, 0.05) is 5.54 Å². The molecule has 114 valence electrons. The van der Waals surface area contributed by atoms with Crippen LogP contribution in [0.1, 0.15) is 44.1 Å². The van der Waals surface area contributed by atoms with E-state index in [9.17, 15) is 9.90 Å². The van der Waals surface area contributed by atoms with E-state index < -0.39 is 0 Å². The molecule has 3 fully saturated rings. The molecular formula is C17H23NO3. The zero-order valence-corrected chi connectivity index (χ0v) is 12.3. The SMILES string of the molecule is O=C(NC12CCC(O)C(CC1)CC2)OCc1ccccc1. The van der Waals surface area contributed by atoms with Gasteiger partial charge in [-0.15, -0.1) is 0 Å². The highest BCUT2D eigenvalue weighted by atomic mass is 16.5. The van der Waals surface area contributed by atoms with Crippen molar-refractivity contribution in [2.24, 2.45) is 5.92 Å². The fourth-order valence-corrected chi connectivity index (χ4v) is 3.65. The van der Waals surface area contributed by atoms with E-state index in [2.05, 4.69) is 5.32 Å². The fourth-order valence-electron chi connectivity index (χ4n) is 3.65. The first-order chi connectivity index (χ1) is 10.2. The lowest BCUT2D eigenvalue weighted by Gasteiger charge is -2.37.